The van der Waals surface area contributed by atoms with Gasteiger partial charge in [0.15, 0.2) is 4.34 Å². The summed E-state index contributed by atoms with van der Waals surface area (Å²) in [6.45, 7) is 1.43. The molecular weight excluding hydrogens is 476 g/mol. The normalized spacial score (nSPS) is 12.2. The Hall–Kier alpha value is -2.09. The molecule has 14 heteroatoms. The van der Waals surface area contributed by atoms with E-state index in [0.717, 1.165) is 33.7 Å². The fourth-order valence-electron chi connectivity index (χ4n) is 2.31. The topological polar surface area (TPSA) is 128 Å². The zero-order valence-electron chi connectivity index (χ0n) is 16.4. The molecule has 0 bridgehead atoms. The van der Waals surface area contributed by atoms with Crippen LogP contribution >= 0.6 is 34.7 Å². The molecule has 0 saturated heterocycles. The lowest BCUT2D eigenvalue weighted by atomic mass is 10.2. The second kappa shape index (κ2) is 10.3. The summed E-state index contributed by atoms with van der Waals surface area (Å²) in [5, 5.41) is 10.6. The van der Waals surface area contributed by atoms with Crippen LogP contribution in [0.3, 0.4) is 0 Å². The number of carbonyl (C=O) groups is 2. The van der Waals surface area contributed by atoms with Crippen molar-refractivity contribution in [2.24, 2.45) is 0 Å². The molecule has 2 aromatic rings. The Labute approximate surface area is 187 Å². The first kappa shape index (κ1) is 24.2. The quantitative estimate of drug-likeness (QED) is 0.317. The monoisotopic (exact) mass is 494 g/mol. The number of rotatable bonds is 9. The van der Waals surface area contributed by atoms with Gasteiger partial charge >= 0.3 is 5.97 Å². The highest BCUT2D eigenvalue weighted by Crippen LogP contribution is 2.32. The van der Waals surface area contributed by atoms with E-state index in [0.29, 0.717) is 10.1 Å². The minimum atomic E-state index is -3.82. The van der Waals surface area contributed by atoms with Crippen molar-refractivity contribution in [3.05, 3.63) is 23.2 Å². The summed E-state index contributed by atoms with van der Waals surface area (Å²) in [4.78, 5) is 23.9. The number of carbonyl (C=O) groups excluding carboxylic acids is 2. The summed E-state index contributed by atoms with van der Waals surface area (Å²) in [6, 6.07) is 3.29. The van der Waals surface area contributed by atoms with Gasteiger partial charge in [-0.25, -0.2) is 8.42 Å². The number of nitrogens with zero attached hydrogens (tertiary/aromatic N) is 3. The van der Waals surface area contributed by atoms with Crippen molar-refractivity contribution in [2.45, 2.75) is 17.3 Å². The van der Waals surface area contributed by atoms with Gasteiger partial charge < -0.3 is 9.47 Å². The zero-order valence-corrected chi connectivity index (χ0v) is 19.6. The van der Waals surface area contributed by atoms with Crippen LogP contribution in [0.2, 0.25) is 5.02 Å². The fraction of sp³-hybridized carbons (Fsp3) is 0.375. The van der Waals surface area contributed by atoms with Crippen LogP contribution in [-0.2, 0) is 24.3 Å². The van der Waals surface area contributed by atoms with E-state index in [4.69, 9.17) is 16.3 Å². The number of amides is 1. The van der Waals surface area contributed by atoms with E-state index in [2.05, 4.69) is 20.3 Å². The number of benzene rings is 1. The molecule has 30 heavy (non-hydrogen) atoms. The predicted molar refractivity (Wildman–Crippen MR) is 116 cm³/mol. The SMILES string of the molecule is COC(=O)CSc1nnc(NC(=O)[C@@H](C)N(c2ccc(OC)c(Cl)c2)S(C)(=O)=O)s1. The zero-order chi connectivity index (χ0) is 22.5. The molecule has 10 nitrogen and oxygen atoms in total. The van der Waals surface area contributed by atoms with Gasteiger partial charge in [0.05, 0.1) is 36.9 Å². The Kier molecular flexibility index (Phi) is 8.29. The Bertz CT molecular complexity index is 1030. The first-order chi connectivity index (χ1) is 14.1. The van der Waals surface area contributed by atoms with E-state index in [9.17, 15) is 18.0 Å². The van der Waals surface area contributed by atoms with Gasteiger partial charge in [0.25, 0.3) is 0 Å². The summed E-state index contributed by atoms with van der Waals surface area (Å²) in [5.74, 6) is -0.614. The first-order valence-electron chi connectivity index (χ1n) is 8.23. The van der Waals surface area contributed by atoms with Gasteiger partial charge in [0.2, 0.25) is 21.1 Å². The molecule has 0 aliphatic carbocycles. The Balaban J connectivity index is 2.18. The molecule has 0 spiro atoms. The Morgan fingerprint density at radius 1 is 1.33 bits per heavy atom. The number of esters is 1. The van der Waals surface area contributed by atoms with Crippen LogP contribution in [0, 0.1) is 0 Å². The first-order valence-corrected chi connectivity index (χ1v) is 12.3. The van der Waals surface area contributed by atoms with Crippen molar-refractivity contribution >= 4 is 67.4 Å². The molecule has 164 valence electrons. The number of methoxy groups -OCH3 is 2. The number of ether oxygens (including phenoxy) is 2. The number of thioether (sulfide) groups is 1. The van der Waals surface area contributed by atoms with Crippen molar-refractivity contribution in [3.8, 4) is 5.75 Å². The van der Waals surface area contributed by atoms with E-state index >= 15 is 0 Å². The van der Waals surface area contributed by atoms with Crippen LogP contribution in [0.5, 0.6) is 5.75 Å². The average Bonchev–Trinajstić information content (AvgIpc) is 3.12. The van der Waals surface area contributed by atoms with Crippen molar-refractivity contribution in [1.82, 2.24) is 10.2 Å². The molecule has 2 rings (SSSR count). The molecule has 0 aliphatic heterocycles. The molecule has 1 heterocycles. The number of anilines is 2. The molecule has 0 fully saturated rings. The van der Waals surface area contributed by atoms with E-state index < -0.39 is 27.9 Å². The third kappa shape index (κ3) is 6.20. The summed E-state index contributed by atoms with van der Waals surface area (Å²) in [7, 11) is -1.11. The maximum absolute atomic E-state index is 12.7. The molecule has 1 atom stereocenters. The number of nitrogens with one attached hydrogen (secondary N) is 1. The number of hydrogen-bond acceptors (Lipinski definition) is 10. The fourth-order valence-corrected chi connectivity index (χ4v) is 5.32. The van der Waals surface area contributed by atoms with E-state index in [1.54, 1.807) is 0 Å². The maximum atomic E-state index is 12.7. The molecule has 1 aromatic heterocycles. The van der Waals surface area contributed by atoms with Crippen LogP contribution in [0.15, 0.2) is 22.5 Å². The van der Waals surface area contributed by atoms with Crippen molar-refractivity contribution in [3.63, 3.8) is 0 Å². The molecule has 1 N–H and O–H groups in total. The lowest BCUT2D eigenvalue weighted by molar-refractivity contribution is -0.137. The van der Waals surface area contributed by atoms with Gasteiger partial charge in [-0.2, -0.15) is 0 Å². The number of aromatic nitrogens is 2. The minimum Gasteiger partial charge on any atom is -0.495 e. The largest absolute Gasteiger partial charge is 0.495 e. The van der Waals surface area contributed by atoms with Gasteiger partial charge in [0, 0.05) is 0 Å². The van der Waals surface area contributed by atoms with E-state index in [1.807, 2.05) is 0 Å². The number of hydrogen-bond donors (Lipinski definition) is 1. The predicted octanol–water partition coefficient (Wildman–Crippen LogP) is 2.26. The highest BCUT2D eigenvalue weighted by Gasteiger charge is 2.30. The highest BCUT2D eigenvalue weighted by molar-refractivity contribution is 8.01. The molecular formula is C16H19ClN4O6S3. The second-order valence-corrected chi connectivity index (χ2v) is 10.2. The minimum absolute atomic E-state index is 0.0512. The van der Waals surface area contributed by atoms with Crippen LogP contribution in [0.1, 0.15) is 6.92 Å². The van der Waals surface area contributed by atoms with Crippen molar-refractivity contribution in [2.75, 3.05) is 35.9 Å². The molecule has 0 aliphatic rings. The molecule has 0 radical (unpaired) electrons. The number of sulfonamides is 1. The average molecular weight is 495 g/mol. The van der Waals surface area contributed by atoms with Crippen LogP contribution in [0.4, 0.5) is 10.8 Å². The lowest BCUT2D eigenvalue weighted by Crippen LogP contribution is -2.45. The smallest absolute Gasteiger partial charge is 0.316 e. The van der Waals surface area contributed by atoms with E-state index in [-0.39, 0.29) is 21.6 Å². The van der Waals surface area contributed by atoms with Gasteiger partial charge in [-0.1, -0.05) is 34.7 Å². The van der Waals surface area contributed by atoms with Crippen LogP contribution < -0.4 is 14.4 Å². The summed E-state index contributed by atoms with van der Waals surface area (Å²) in [6.07, 6.45) is 0.988. The third-order valence-electron chi connectivity index (χ3n) is 3.66. The number of halogens is 1. The lowest BCUT2D eigenvalue weighted by Gasteiger charge is -2.28. The van der Waals surface area contributed by atoms with Crippen molar-refractivity contribution in [1.29, 1.82) is 0 Å². The molecule has 0 unspecified atom stereocenters. The summed E-state index contributed by atoms with van der Waals surface area (Å²) < 4.78 is 35.8. The highest BCUT2D eigenvalue weighted by atomic mass is 35.5. The Morgan fingerprint density at radius 2 is 2.03 bits per heavy atom. The van der Waals surface area contributed by atoms with Crippen molar-refractivity contribution < 1.29 is 27.5 Å². The summed E-state index contributed by atoms with van der Waals surface area (Å²) in [5.41, 5.74) is 0.206. The Morgan fingerprint density at radius 3 is 2.60 bits per heavy atom. The van der Waals surface area contributed by atoms with Gasteiger partial charge in [-0.05, 0) is 25.1 Å². The standard InChI is InChI=1S/C16H19ClN4O6S3/c1-9(14(23)18-15-19-20-16(29-15)28-8-13(22)27-3)21(30(4,24)25)10-5-6-12(26-2)11(17)7-10/h5-7,9H,8H2,1-4H3,(H,18,19,23)/t9-/m1/s1. The molecule has 1 aromatic carbocycles. The third-order valence-corrected chi connectivity index (χ3v) is 7.14. The van der Waals surface area contributed by atoms with Gasteiger partial charge in [-0.3, -0.25) is 19.2 Å². The van der Waals surface area contributed by atoms with Crippen LogP contribution in [0.25, 0.3) is 0 Å². The van der Waals surface area contributed by atoms with Crippen LogP contribution in [-0.4, -0.2) is 62.8 Å². The van der Waals surface area contributed by atoms with E-state index in [1.165, 1.54) is 39.3 Å². The van der Waals surface area contributed by atoms with Gasteiger partial charge in [-0.15, -0.1) is 10.2 Å². The summed E-state index contributed by atoms with van der Waals surface area (Å²) >= 11 is 8.26. The molecule has 0 saturated carbocycles. The molecule has 1 amide bonds. The van der Waals surface area contributed by atoms with Gasteiger partial charge in [0.1, 0.15) is 11.8 Å². The maximum Gasteiger partial charge on any atom is 0.316 e. The second-order valence-electron chi connectivity index (χ2n) is 5.78.